The second-order valence-corrected chi connectivity index (χ2v) is 3.61. The molecule has 0 spiro atoms. The molecule has 0 fully saturated rings. The van der Waals surface area contributed by atoms with Gasteiger partial charge in [0.1, 0.15) is 22.9 Å². The van der Waals surface area contributed by atoms with Crippen molar-refractivity contribution in [3.05, 3.63) is 36.4 Å². The number of hydrogen-bond donors (Lipinski definition) is 5. The Labute approximate surface area is 98.3 Å². The fraction of sp³-hybridized carbons (Fsp3) is 0. The van der Waals surface area contributed by atoms with E-state index in [-0.39, 0.29) is 22.9 Å². The van der Waals surface area contributed by atoms with Crippen LogP contribution in [-0.2, 0) is 0 Å². The van der Waals surface area contributed by atoms with E-state index in [9.17, 15) is 10.2 Å². The largest absolute Gasteiger partial charge is 0.506 e. The van der Waals surface area contributed by atoms with E-state index in [1.165, 1.54) is 0 Å². The van der Waals surface area contributed by atoms with E-state index < -0.39 is 0 Å². The predicted octanol–water partition coefficient (Wildman–Crippen LogP) is 2.01. The zero-order chi connectivity index (χ0) is 12.4. The Hall–Kier alpha value is -2.56. The van der Waals surface area contributed by atoms with Crippen LogP contribution in [0.15, 0.2) is 36.4 Å². The fourth-order valence-electron chi connectivity index (χ4n) is 1.49. The molecule has 0 bridgehead atoms. The lowest BCUT2D eigenvalue weighted by atomic mass is 10.2. The molecule has 0 heterocycles. The third kappa shape index (κ3) is 2.03. The lowest BCUT2D eigenvalue weighted by Crippen LogP contribution is -2.01. The van der Waals surface area contributed by atoms with Gasteiger partial charge < -0.3 is 27.0 Å². The van der Waals surface area contributed by atoms with Gasteiger partial charge >= 0.3 is 0 Å². The van der Waals surface area contributed by atoms with Gasteiger partial charge in [-0.05, 0) is 12.1 Å². The van der Waals surface area contributed by atoms with Gasteiger partial charge in [-0.2, -0.15) is 0 Å². The van der Waals surface area contributed by atoms with Crippen molar-refractivity contribution in [2.45, 2.75) is 0 Å². The molecule has 2 aromatic carbocycles. The minimum atomic E-state index is -0.213. The summed E-state index contributed by atoms with van der Waals surface area (Å²) in [5.41, 5.74) is 12.7. The summed E-state index contributed by atoms with van der Waals surface area (Å²) in [4.78, 5) is 0. The number of nitrogens with one attached hydrogen (secondary N) is 1. The monoisotopic (exact) mass is 231 g/mol. The molecule has 0 saturated carbocycles. The first-order valence-electron chi connectivity index (χ1n) is 5.01. The van der Waals surface area contributed by atoms with Crippen LogP contribution in [0.3, 0.4) is 0 Å². The first kappa shape index (κ1) is 10.9. The van der Waals surface area contributed by atoms with Gasteiger partial charge in [0.2, 0.25) is 0 Å². The summed E-state index contributed by atoms with van der Waals surface area (Å²) in [6, 6.07) is 10.3. The number of nitrogens with two attached hydrogens (primary N) is 2. The molecule has 2 aromatic rings. The highest BCUT2D eigenvalue weighted by Gasteiger charge is 2.13. The Kier molecular flexibility index (Phi) is 2.66. The predicted molar refractivity (Wildman–Crippen MR) is 68.3 cm³/mol. The van der Waals surface area contributed by atoms with Gasteiger partial charge in [-0.3, -0.25) is 0 Å². The SMILES string of the molecule is Nc1c(O)cc(O)c(N)c1Nc1ccccc1. The molecule has 88 valence electrons. The van der Waals surface area contributed by atoms with E-state index >= 15 is 0 Å². The maximum absolute atomic E-state index is 9.50. The second kappa shape index (κ2) is 4.13. The molecular weight excluding hydrogens is 218 g/mol. The van der Waals surface area contributed by atoms with Crippen LogP contribution >= 0.6 is 0 Å². The summed E-state index contributed by atoms with van der Waals surface area (Å²) < 4.78 is 0. The van der Waals surface area contributed by atoms with E-state index in [1.807, 2.05) is 30.3 Å². The Morgan fingerprint density at radius 3 is 1.94 bits per heavy atom. The zero-order valence-electron chi connectivity index (χ0n) is 9.01. The number of nitrogen functional groups attached to an aromatic ring is 2. The van der Waals surface area contributed by atoms with Crippen molar-refractivity contribution in [3.63, 3.8) is 0 Å². The highest BCUT2D eigenvalue weighted by atomic mass is 16.3. The number of rotatable bonds is 2. The van der Waals surface area contributed by atoms with Crippen LogP contribution in [0.5, 0.6) is 11.5 Å². The molecule has 0 radical (unpaired) electrons. The maximum atomic E-state index is 9.50. The Morgan fingerprint density at radius 1 is 0.882 bits per heavy atom. The van der Waals surface area contributed by atoms with Gasteiger partial charge in [0.15, 0.2) is 0 Å². The highest BCUT2D eigenvalue weighted by molar-refractivity contribution is 5.90. The fourth-order valence-corrected chi connectivity index (χ4v) is 1.49. The number of hydrogen-bond acceptors (Lipinski definition) is 5. The summed E-state index contributed by atoms with van der Waals surface area (Å²) in [7, 11) is 0. The molecular formula is C12H13N3O2. The smallest absolute Gasteiger partial charge is 0.144 e. The standard InChI is InChI=1S/C12H13N3O2/c13-10-8(16)6-9(17)11(14)12(10)15-7-4-2-1-3-5-7/h1-6,15-17H,13-14H2. The lowest BCUT2D eigenvalue weighted by molar-refractivity contribution is 0.454. The Balaban J connectivity index is 2.46. The van der Waals surface area contributed by atoms with Gasteiger partial charge in [0.05, 0.1) is 5.69 Å². The summed E-state index contributed by atoms with van der Waals surface area (Å²) in [5.74, 6) is -0.426. The number of phenols is 2. The topological polar surface area (TPSA) is 105 Å². The molecule has 7 N–H and O–H groups in total. The maximum Gasteiger partial charge on any atom is 0.144 e. The molecule has 0 aliphatic carbocycles. The van der Waals surface area contributed by atoms with E-state index in [4.69, 9.17) is 11.5 Å². The first-order valence-corrected chi connectivity index (χ1v) is 5.01. The van der Waals surface area contributed by atoms with E-state index in [0.717, 1.165) is 11.8 Å². The van der Waals surface area contributed by atoms with Crippen molar-refractivity contribution in [1.82, 2.24) is 0 Å². The van der Waals surface area contributed by atoms with E-state index in [2.05, 4.69) is 5.32 Å². The number of phenolic OH excluding ortho intramolecular Hbond substituents is 2. The molecule has 0 aromatic heterocycles. The number of benzene rings is 2. The van der Waals surface area contributed by atoms with Crippen molar-refractivity contribution < 1.29 is 10.2 Å². The van der Waals surface area contributed by atoms with Crippen LogP contribution in [0, 0.1) is 0 Å². The van der Waals surface area contributed by atoms with E-state index in [1.54, 1.807) is 0 Å². The zero-order valence-corrected chi connectivity index (χ0v) is 9.01. The van der Waals surface area contributed by atoms with Crippen LogP contribution in [0.1, 0.15) is 0 Å². The summed E-state index contributed by atoms with van der Waals surface area (Å²) in [6.45, 7) is 0. The van der Waals surface area contributed by atoms with Crippen molar-refractivity contribution >= 4 is 22.7 Å². The minimum Gasteiger partial charge on any atom is -0.506 e. The summed E-state index contributed by atoms with van der Waals surface area (Å²) in [5, 5.41) is 22.0. The van der Waals surface area contributed by atoms with Gasteiger partial charge in [-0.15, -0.1) is 0 Å². The lowest BCUT2D eigenvalue weighted by Gasteiger charge is -2.14. The quantitative estimate of drug-likeness (QED) is 0.309. The number of aromatic hydroxyl groups is 2. The third-order valence-electron chi connectivity index (χ3n) is 2.41. The van der Waals surface area contributed by atoms with Crippen molar-refractivity contribution in [1.29, 1.82) is 0 Å². The average Bonchev–Trinajstić information content (AvgIpc) is 2.33. The minimum absolute atomic E-state index is 0.101. The molecule has 0 saturated heterocycles. The molecule has 5 heteroatoms. The van der Waals surface area contributed by atoms with Crippen molar-refractivity contribution in [3.8, 4) is 11.5 Å². The molecule has 0 aliphatic heterocycles. The molecule has 0 atom stereocenters. The number of anilines is 4. The van der Waals surface area contributed by atoms with Crippen LogP contribution in [0.2, 0.25) is 0 Å². The van der Waals surface area contributed by atoms with Gasteiger partial charge in [0, 0.05) is 11.8 Å². The van der Waals surface area contributed by atoms with Gasteiger partial charge in [0.25, 0.3) is 0 Å². The molecule has 5 nitrogen and oxygen atoms in total. The first-order chi connectivity index (χ1) is 8.09. The van der Waals surface area contributed by atoms with Gasteiger partial charge in [-0.25, -0.2) is 0 Å². The van der Waals surface area contributed by atoms with E-state index in [0.29, 0.717) is 5.69 Å². The Bertz CT molecular complexity index is 515. The van der Waals surface area contributed by atoms with Crippen LogP contribution < -0.4 is 16.8 Å². The Morgan fingerprint density at radius 2 is 1.41 bits per heavy atom. The van der Waals surface area contributed by atoms with Crippen LogP contribution in [-0.4, -0.2) is 10.2 Å². The molecule has 2 rings (SSSR count). The second-order valence-electron chi connectivity index (χ2n) is 3.61. The van der Waals surface area contributed by atoms with Crippen LogP contribution in [0.25, 0.3) is 0 Å². The highest BCUT2D eigenvalue weighted by Crippen LogP contribution is 2.41. The summed E-state index contributed by atoms with van der Waals surface area (Å²) in [6.07, 6.45) is 0. The molecule has 0 amide bonds. The third-order valence-corrected chi connectivity index (χ3v) is 2.41. The molecule has 17 heavy (non-hydrogen) atoms. The normalized spacial score (nSPS) is 10.1. The van der Waals surface area contributed by atoms with Gasteiger partial charge in [-0.1, -0.05) is 18.2 Å². The summed E-state index contributed by atoms with van der Waals surface area (Å²) >= 11 is 0. The number of para-hydroxylation sites is 1. The van der Waals surface area contributed by atoms with Crippen LogP contribution in [0.4, 0.5) is 22.7 Å². The molecule has 0 unspecified atom stereocenters. The molecule has 0 aliphatic rings. The average molecular weight is 231 g/mol. The van der Waals surface area contributed by atoms with Crippen molar-refractivity contribution in [2.24, 2.45) is 0 Å². The van der Waals surface area contributed by atoms with Crippen molar-refractivity contribution in [2.75, 3.05) is 16.8 Å².